The van der Waals surface area contributed by atoms with Gasteiger partial charge in [-0.1, -0.05) is 6.07 Å². The number of hydrogen-bond acceptors (Lipinski definition) is 7. The maximum atomic E-state index is 10.4. The third-order valence-corrected chi connectivity index (χ3v) is 3.83. The first-order valence-electron chi connectivity index (χ1n) is 8.18. The van der Waals surface area contributed by atoms with E-state index in [1.807, 2.05) is 18.2 Å². The van der Waals surface area contributed by atoms with Crippen LogP contribution in [0.3, 0.4) is 0 Å². The first-order chi connectivity index (χ1) is 12.3. The van der Waals surface area contributed by atoms with Crippen molar-refractivity contribution in [3.63, 3.8) is 0 Å². The van der Waals surface area contributed by atoms with E-state index in [1.165, 1.54) is 18.2 Å². The van der Waals surface area contributed by atoms with Crippen molar-refractivity contribution in [3.8, 4) is 28.7 Å². The monoisotopic (exact) mass is 363 g/mol. The van der Waals surface area contributed by atoms with E-state index in [-0.39, 0.29) is 18.1 Å². The third-order valence-electron chi connectivity index (χ3n) is 3.83. The maximum absolute atomic E-state index is 10.4. The minimum Gasteiger partial charge on any atom is -0.504 e. The lowest BCUT2D eigenvalue weighted by Gasteiger charge is -2.25. The molecule has 0 aliphatic heterocycles. The maximum Gasteiger partial charge on any atom is 0.161 e. The van der Waals surface area contributed by atoms with Crippen LogP contribution < -0.4 is 19.5 Å². The molecule has 0 saturated carbocycles. The molecule has 0 unspecified atom stereocenters. The second kappa shape index (κ2) is 8.64. The van der Waals surface area contributed by atoms with Gasteiger partial charge in [-0.05, 0) is 43.2 Å². The summed E-state index contributed by atoms with van der Waals surface area (Å²) in [5.41, 5.74) is -0.223. The van der Waals surface area contributed by atoms with Crippen LogP contribution in [0.25, 0.3) is 0 Å². The Labute approximate surface area is 152 Å². The van der Waals surface area contributed by atoms with Crippen molar-refractivity contribution in [2.75, 3.05) is 27.4 Å². The van der Waals surface area contributed by atoms with Crippen LogP contribution in [-0.4, -0.2) is 48.4 Å². The van der Waals surface area contributed by atoms with Gasteiger partial charge < -0.3 is 29.5 Å². The van der Waals surface area contributed by atoms with E-state index in [4.69, 9.17) is 14.2 Å². The highest BCUT2D eigenvalue weighted by molar-refractivity contribution is 5.43. The Hall–Kier alpha value is -2.64. The van der Waals surface area contributed by atoms with Crippen LogP contribution in [0.1, 0.15) is 12.5 Å². The van der Waals surface area contributed by atoms with Crippen molar-refractivity contribution < 1.29 is 29.5 Å². The topological polar surface area (TPSA) is 100 Å². The lowest BCUT2D eigenvalue weighted by molar-refractivity contribution is -0.0176. The average molecular weight is 363 g/mol. The van der Waals surface area contributed by atoms with Gasteiger partial charge in [-0.15, -0.1) is 0 Å². The highest BCUT2D eigenvalue weighted by atomic mass is 16.5. The Morgan fingerprint density at radius 2 is 1.69 bits per heavy atom. The summed E-state index contributed by atoms with van der Waals surface area (Å²) < 4.78 is 15.9. The number of hydrogen-bond donors (Lipinski definition) is 4. The number of aromatic hydroxyl groups is 2. The molecule has 0 fully saturated rings. The molecule has 0 heterocycles. The van der Waals surface area contributed by atoms with Gasteiger partial charge in [0, 0.05) is 12.6 Å². The molecule has 0 amide bonds. The lowest BCUT2D eigenvalue weighted by atomic mass is 10.1. The van der Waals surface area contributed by atoms with Gasteiger partial charge >= 0.3 is 0 Å². The number of benzene rings is 2. The second-order valence-electron chi connectivity index (χ2n) is 6.08. The van der Waals surface area contributed by atoms with Gasteiger partial charge in [-0.2, -0.15) is 0 Å². The fourth-order valence-electron chi connectivity index (χ4n) is 2.38. The molecule has 142 valence electrons. The van der Waals surface area contributed by atoms with Crippen molar-refractivity contribution in [3.05, 3.63) is 42.0 Å². The van der Waals surface area contributed by atoms with Crippen molar-refractivity contribution >= 4 is 0 Å². The predicted octanol–water partition coefficient (Wildman–Crippen LogP) is 2.03. The minimum absolute atomic E-state index is 0.0247. The van der Waals surface area contributed by atoms with Gasteiger partial charge in [0.25, 0.3) is 0 Å². The zero-order valence-electron chi connectivity index (χ0n) is 15.2. The molecule has 0 spiro atoms. The summed E-state index contributed by atoms with van der Waals surface area (Å²) in [6.07, 6.45) is 0.677. The van der Waals surface area contributed by atoms with Crippen molar-refractivity contribution in [1.29, 1.82) is 0 Å². The first kappa shape index (κ1) is 19.7. The lowest BCUT2D eigenvalue weighted by Crippen LogP contribution is -2.48. The number of ether oxygens (including phenoxy) is 3. The van der Waals surface area contributed by atoms with Crippen molar-refractivity contribution in [2.24, 2.45) is 0 Å². The van der Waals surface area contributed by atoms with Crippen LogP contribution in [0.2, 0.25) is 0 Å². The molecule has 4 N–H and O–H groups in total. The number of nitrogens with one attached hydrogen (secondary N) is 1. The number of aliphatic hydroxyl groups is 1. The summed E-state index contributed by atoms with van der Waals surface area (Å²) in [6, 6.07) is 9.79. The summed E-state index contributed by atoms with van der Waals surface area (Å²) in [6.45, 7) is 2.09. The molecule has 2 rings (SSSR count). The predicted molar refractivity (Wildman–Crippen MR) is 97.1 cm³/mol. The van der Waals surface area contributed by atoms with Gasteiger partial charge in [0.05, 0.1) is 14.2 Å². The Morgan fingerprint density at radius 3 is 2.35 bits per heavy atom. The van der Waals surface area contributed by atoms with Crippen LogP contribution in [0, 0.1) is 0 Å². The van der Waals surface area contributed by atoms with E-state index in [0.717, 1.165) is 5.56 Å². The van der Waals surface area contributed by atoms with Gasteiger partial charge in [0.1, 0.15) is 18.1 Å². The normalized spacial score (nSPS) is 13.1. The van der Waals surface area contributed by atoms with Gasteiger partial charge in [0.15, 0.2) is 23.0 Å². The van der Waals surface area contributed by atoms with E-state index >= 15 is 0 Å². The van der Waals surface area contributed by atoms with E-state index < -0.39 is 5.72 Å². The summed E-state index contributed by atoms with van der Waals surface area (Å²) in [5, 5.41) is 32.1. The fourth-order valence-corrected chi connectivity index (χ4v) is 2.38. The van der Waals surface area contributed by atoms with Crippen LogP contribution in [0.5, 0.6) is 28.7 Å². The smallest absolute Gasteiger partial charge is 0.161 e. The quantitative estimate of drug-likeness (QED) is 0.399. The van der Waals surface area contributed by atoms with Crippen molar-refractivity contribution in [1.82, 2.24) is 5.32 Å². The molecule has 7 heteroatoms. The first-order valence-corrected chi connectivity index (χ1v) is 8.18. The van der Waals surface area contributed by atoms with Gasteiger partial charge in [-0.3, -0.25) is 5.32 Å². The molecular formula is C19H25NO6. The van der Waals surface area contributed by atoms with E-state index in [9.17, 15) is 15.3 Å². The SMILES string of the molecule is COc1ccc(CCN[C@@](C)(O)COc2ccc(O)c(O)c2)cc1OC. The molecule has 0 radical (unpaired) electrons. The molecular weight excluding hydrogens is 338 g/mol. The summed E-state index contributed by atoms with van der Waals surface area (Å²) in [4.78, 5) is 0. The summed E-state index contributed by atoms with van der Waals surface area (Å²) >= 11 is 0. The molecule has 0 aliphatic rings. The van der Waals surface area contributed by atoms with Crippen LogP contribution in [0.4, 0.5) is 0 Å². The number of phenols is 2. The fraction of sp³-hybridized carbons (Fsp3) is 0.368. The highest BCUT2D eigenvalue weighted by Crippen LogP contribution is 2.29. The molecule has 0 aliphatic carbocycles. The number of rotatable bonds is 9. The van der Waals surface area contributed by atoms with Crippen molar-refractivity contribution in [2.45, 2.75) is 19.1 Å². The van der Waals surface area contributed by atoms with Crippen LogP contribution in [0.15, 0.2) is 36.4 Å². The average Bonchev–Trinajstić information content (AvgIpc) is 2.62. The number of phenolic OH excluding ortho intramolecular Hbond substituents is 2. The Bertz CT molecular complexity index is 732. The third kappa shape index (κ3) is 5.44. The largest absolute Gasteiger partial charge is 0.504 e. The molecule has 0 aromatic heterocycles. The van der Waals surface area contributed by atoms with Crippen LogP contribution in [-0.2, 0) is 6.42 Å². The van der Waals surface area contributed by atoms with Crippen LogP contribution >= 0.6 is 0 Å². The molecule has 26 heavy (non-hydrogen) atoms. The van der Waals surface area contributed by atoms with Gasteiger partial charge in [0.2, 0.25) is 0 Å². The second-order valence-corrected chi connectivity index (χ2v) is 6.08. The molecule has 2 aromatic carbocycles. The zero-order valence-corrected chi connectivity index (χ0v) is 15.2. The Balaban J connectivity index is 1.84. The molecule has 1 atom stereocenters. The van der Waals surface area contributed by atoms with Gasteiger partial charge in [-0.25, -0.2) is 0 Å². The molecule has 0 saturated heterocycles. The standard InChI is InChI=1S/C19H25NO6/c1-19(23,12-26-14-5-6-15(21)16(22)11-14)20-9-8-13-4-7-17(24-2)18(10-13)25-3/h4-7,10-11,20-23H,8-9,12H2,1-3H3/t19-/m0/s1. The van der Waals surface area contributed by atoms with E-state index in [1.54, 1.807) is 21.1 Å². The van der Waals surface area contributed by atoms with E-state index in [0.29, 0.717) is 30.2 Å². The molecule has 2 aromatic rings. The highest BCUT2D eigenvalue weighted by Gasteiger charge is 2.20. The Kier molecular flexibility index (Phi) is 6.54. The summed E-state index contributed by atoms with van der Waals surface area (Å²) in [7, 11) is 3.17. The summed E-state index contributed by atoms with van der Waals surface area (Å²) in [5.74, 6) is 1.18. The minimum atomic E-state index is -1.26. The number of methoxy groups -OCH3 is 2. The molecule has 7 nitrogen and oxygen atoms in total. The zero-order chi connectivity index (χ0) is 19.2. The Morgan fingerprint density at radius 1 is 0.962 bits per heavy atom. The van der Waals surface area contributed by atoms with E-state index in [2.05, 4.69) is 5.32 Å². The molecule has 0 bridgehead atoms.